The van der Waals surface area contributed by atoms with Crippen LogP contribution in [0.15, 0.2) is 89.8 Å². The van der Waals surface area contributed by atoms with Crippen molar-refractivity contribution >= 4 is 32.2 Å². The van der Waals surface area contributed by atoms with Crippen molar-refractivity contribution in [2.45, 2.75) is 11.3 Å². The molecule has 0 saturated carbocycles. The molecule has 0 aliphatic carbocycles. The van der Waals surface area contributed by atoms with Gasteiger partial charge in [0.2, 0.25) is 0 Å². The van der Waals surface area contributed by atoms with Gasteiger partial charge in [-0.2, -0.15) is 0 Å². The Morgan fingerprint density at radius 3 is 2.29 bits per heavy atom. The molecule has 0 aliphatic heterocycles. The lowest BCUT2D eigenvalue weighted by Crippen LogP contribution is -2.12. The van der Waals surface area contributed by atoms with Crippen LogP contribution in [-0.4, -0.2) is 25.6 Å². The highest BCUT2D eigenvalue weighted by Crippen LogP contribution is 2.34. The molecule has 1 N–H and O–H groups in total. The first-order valence-electron chi connectivity index (χ1n) is 9.61. The van der Waals surface area contributed by atoms with Gasteiger partial charge in [0.1, 0.15) is 0 Å². The van der Waals surface area contributed by atoms with Gasteiger partial charge >= 0.3 is 0 Å². The van der Waals surface area contributed by atoms with Crippen LogP contribution in [0, 0.1) is 0 Å². The minimum Gasteiger partial charge on any atom is -0.298 e. The molecule has 156 valence electrons. The van der Waals surface area contributed by atoms with Gasteiger partial charge in [-0.3, -0.25) is 10.1 Å². The van der Waals surface area contributed by atoms with Crippen molar-refractivity contribution in [3.8, 4) is 10.4 Å². The average molecular weight is 449 g/mol. The highest BCUT2D eigenvalue weighted by Gasteiger charge is 2.17. The number of benzene rings is 3. The number of nitrogens with zero attached hydrogens (tertiary/aromatic N) is 1. The van der Waals surface area contributed by atoms with Crippen LogP contribution in [0.3, 0.4) is 0 Å². The van der Waals surface area contributed by atoms with Crippen molar-refractivity contribution in [2.24, 2.45) is 0 Å². The van der Waals surface area contributed by atoms with Crippen LogP contribution in [-0.2, 0) is 16.3 Å². The molecular weight excluding hydrogens is 428 g/mol. The summed E-state index contributed by atoms with van der Waals surface area (Å²) in [4.78, 5) is 18.6. The molecule has 0 unspecified atom stereocenters. The molecule has 1 heterocycles. The summed E-state index contributed by atoms with van der Waals surface area (Å²) in [6.07, 6.45) is 1.76. The molecule has 0 atom stereocenters. The predicted molar refractivity (Wildman–Crippen MR) is 124 cm³/mol. The zero-order valence-corrected chi connectivity index (χ0v) is 18.4. The SMILES string of the molecule is CS(=O)(=O)c1cccc(C(=O)Nc2nc(Cc3ccccc3)c(-c3ccccc3)s2)c1. The Balaban J connectivity index is 1.65. The van der Waals surface area contributed by atoms with Crippen LogP contribution < -0.4 is 5.32 Å². The van der Waals surface area contributed by atoms with Gasteiger partial charge in [-0.25, -0.2) is 13.4 Å². The van der Waals surface area contributed by atoms with Crippen molar-refractivity contribution in [3.05, 3.63) is 102 Å². The normalized spacial score (nSPS) is 11.3. The molecule has 1 amide bonds. The highest BCUT2D eigenvalue weighted by molar-refractivity contribution is 7.90. The number of rotatable bonds is 6. The minimum atomic E-state index is -3.40. The number of sulfone groups is 1. The maximum atomic E-state index is 12.8. The number of nitrogens with one attached hydrogen (secondary N) is 1. The van der Waals surface area contributed by atoms with Gasteiger partial charge in [0.05, 0.1) is 15.5 Å². The number of carbonyl (C=O) groups is 1. The second-order valence-electron chi connectivity index (χ2n) is 7.08. The fraction of sp³-hybridized carbons (Fsp3) is 0.0833. The fourth-order valence-corrected chi connectivity index (χ4v) is 4.82. The summed E-state index contributed by atoms with van der Waals surface area (Å²) >= 11 is 1.40. The summed E-state index contributed by atoms with van der Waals surface area (Å²) in [5.74, 6) is -0.398. The van der Waals surface area contributed by atoms with Crippen LogP contribution in [0.25, 0.3) is 10.4 Å². The van der Waals surface area contributed by atoms with E-state index >= 15 is 0 Å². The molecule has 3 aromatic carbocycles. The summed E-state index contributed by atoms with van der Waals surface area (Å²) in [5, 5.41) is 3.30. The molecule has 0 aliphatic rings. The van der Waals surface area contributed by atoms with Crippen molar-refractivity contribution in [1.29, 1.82) is 0 Å². The predicted octanol–water partition coefficient (Wildman–Crippen LogP) is 5.06. The first kappa shape index (κ1) is 21.0. The van der Waals surface area contributed by atoms with E-state index in [9.17, 15) is 13.2 Å². The third-order valence-electron chi connectivity index (χ3n) is 4.69. The minimum absolute atomic E-state index is 0.106. The largest absolute Gasteiger partial charge is 0.298 e. The topological polar surface area (TPSA) is 76.1 Å². The average Bonchev–Trinajstić information content (AvgIpc) is 3.16. The van der Waals surface area contributed by atoms with Crippen LogP contribution in [0.5, 0.6) is 0 Å². The van der Waals surface area contributed by atoms with Crippen molar-refractivity contribution in [1.82, 2.24) is 4.98 Å². The molecule has 4 aromatic rings. The van der Waals surface area contributed by atoms with Crippen LogP contribution in [0.1, 0.15) is 21.6 Å². The smallest absolute Gasteiger partial charge is 0.257 e. The number of thiazole rings is 1. The lowest BCUT2D eigenvalue weighted by molar-refractivity contribution is 0.102. The zero-order chi connectivity index (χ0) is 21.8. The summed E-state index contributed by atoms with van der Waals surface area (Å²) in [6, 6.07) is 26.0. The van der Waals surface area contributed by atoms with Crippen molar-refractivity contribution < 1.29 is 13.2 Å². The molecule has 5 nitrogen and oxygen atoms in total. The van der Waals surface area contributed by atoms with E-state index in [2.05, 4.69) is 10.3 Å². The second-order valence-corrected chi connectivity index (χ2v) is 10.1. The van der Waals surface area contributed by atoms with E-state index in [1.54, 1.807) is 12.1 Å². The van der Waals surface area contributed by atoms with E-state index in [0.29, 0.717) is 11.6 Å². The number of carbonyl (C=O) groups excluding carboxylic acids is 1. The van der Waals surface area contributed by atoms with Gasteiger partial charge in [-0.05, 0) is 29.3 Å². The Kier molecular flexibility index (Phi) is 5.97. The van der Waals surface area contributed by atoms with E-state index in [4.69, 9.17) is 0 Å². The Morgan fingerprint density at radius 1 is 0.935 bits per heavy atom. The number of amides is 1. The van der Waals surface area contributed by atoms with Crippen LogP contribution in [0.4, 0.5) is 5.13 Å². The molecule has 0 spiro atoms. The summed E-state index contributed by atoms with van der Waals surface area (Å²) in [7, 11) is -3.40. The van der Waals surface area contributed by atoms with Crippen LogP contribution >= 0.6 is 11.3 Å². The van der Waals surface area contributed by atoms with Gasteiger partial charge in [0.15, 0.2) is 15.0 Å². The first-order chi connectivity index (χ1) is 14.9. The quantitative estimate of drug-likeness (QED) is 0.447. The number of anilines is 1. The third kappa shape index (κ3) is 5.07. The molecule has 0 radical (unpaired) electrons. The molecule has 31 heavy (non-hydrogen) atoms. The Morgan fingerprint density at radius 2 is 1.61 bits per heavy atom. The van der Waals surface area contributed by atoms with E-state index in [1.165, 1.54) is 23.5 Å². The maximum absolute atomic E-state index is 12.8. The molecular formula is C24H20N2O3S2. The molecule has 0 bridgehead atoms. The molecule has 1 aromatic heterocycles. The Labute approximate surface area is 185 Å². The van der Waals surface area contributed by atoms with Crippen LogP contribution in [0.2, 0.25) is 0 Å². The number of hydrogen-bond donors (Lipinski definition) is 1. The zero-order valence-electron chi connectivity index (χ0n) is 16.8. The van der Waals surface area contributed by atoms with E-state index in [0.717, 1.165) is 28.0 Å². The number of aromatic nitrogens is 1. The third-order valence-corrected chi connectivity index (χ3v) is 6.86. The standard InChI is InChI=1S/C24H20N2O3S2/c1-31(28,29)20-14-8-13-19(16-20)23(27)26-24-25-21(15-17-9-4-2-5-10-17)22(30-24)18-11-6-3-7-12-18/h2-14,16H,15H2,1H3,(H,25,26,27). The van der Waals surface area contributed by atoms with Gasteiger partial charge in [0, 0.05) is 18.2 Å². The van der Waals surface area contributed by atoms with E-state index < -0.39 is 15.7 Å². The molecule has 7 heteroatoms. The van der Waals surface area contributed by atoms with Gasteiger partial charge in [-0.1, -0.05) is 78.1 Å². The molecule has 0 fully saturated rings. The van der Waals surface area contributed by atoms with Gasteiger partial charge in [-0.15, -0.1) is 0 Å². The monoisotopic (exact) mass is 448 g/mol. The maximum Gasteiger partial charge on any atom is 0.257 e. The summed E-state index contributed by atoms with van der Waals surface area (Å²) in [6.45, 7) is 0. The summed E-state index contributed by atoms with van der Waals surface area (Å²) in [5.41, 5.74) is 3.31. The lowest BCUT2D eigenvalue weighted by Gasteiger charge is -2.04. The second kappa shape index (κ2) is 8.83. The van der Waals surface area contributed by atoms with E-state index in [-0.39, 0.29) is 10.5 Å². The van der Waals surface area contributed by atoms with Crippen molar-refractivity contribution in [2.75, 3.05) is 11.6 Å². The lowest BCUT2D eigenvalue weighted by atomic mass is 10.1. The first-order valence-corrected chi connectivity index (χ1v) is 12.3. The number of hydrogen-bond acceptors (Lipinski definition) is 5. The molecule has 4 rings (SSSR count). The fourth-order valence-electron chi connectivity index (χ4n) is 3.17. The Bertz CT molecular complexity index is 1320. The Hall–Kier alpha value is -3.29. The highest BCUT2D eigenvalue weighted by atomic mass is 32.2. The van der Waals surface area contributed by atoms with E-state index in [1.807, 2.05) is 60.7 Å². The summed E-state index contributed by atoms with van der Waals surface area (Å²) < 4.78 is 23.6. The van der Waals surface area contributed by atoms with Gasteiger partial charge in [0.25, 0.3) is 5.91 Å². The van der Waals surface area contributed by atoms with Gasteiger partial charge < -0.3 is 0 Å². The van der Waals surface area contributed by atoms with Crippen molar-refractivity contribution in [3.63, 3.8) is 0 Å². The molecule has 0 saturated heterocycles.